The lowest BCUT2D eigenvalue weighted by molar-refractivity contribution is 0.521. The summed E-state index contributed by atoms with van der Waals surface area (Å²) < 4.78 is 2.85. The Balaban J connectivity index is 2.04. The molecule has 92 valence electrons. The van der Waals surface area contributed by atoms with E-state index in [9.17, 15) is 4.79 Å². The topological polar surface area (TPSA) is 34.0 Å². The summed E-state index contributed by atoms with van der Waals surface area (Å²) in [5, 5.41) is 6.15. The van der Waals surface area contributed by atoms with Crippen molar-refractivity contribution in [3.63, 3.8) is 0 Å². The molecule has 0 unspecified atom stereocenters. The van der Waals surface area contributed by atoms with Crippen LogP contribution in [0, 0.1) is 5.92 Å². The standard InChI is InChI=1S/C13H18N2OS/c1-10(2)9-14-5-7-15-6-3-12-11(13(15)16)4-8-17-12/h3-4,6,8,10,14H,5,7,9H2,1-2H3. The molecule has 2 heterocycles. The van der Waals surface area contributed by atoms with E-state index in [1.165, 1.54) is 0 Å². The predicted molar refractivity (Wildman–Crippen MR) is 73.8 cm³/mol. The Hall–Kier alpha value is -1.13. The fraction of sp³-hybridized carbons (Fsp3) is 0.462. The lowest BCUT2D eigenvalue weighted by Crippen LogP contribution is -2.28. The Morgan fingerprint density at radius 1 is 1.41 bits per heavy atom. The number of hydrogen-bond donors (Lipinski definition) is 1. The van der Waals surface area contributed by atoms with Crippen LogP contribution in [0.4, 0.5) is 0 Å². The molecule has 2 aromatic rings. The molecule has 0 saturated carbocycles. The number of aromatic nitrogens is 1. The first-order valence-electron chi connectivity index (χ1n) is 5.96. The van der Waals surface area contributed by atoms with Crippen LogP contribution in [0.2, 0.25) is 0 Å². The van der Waals surface area contributed by atoms with Gasteiger partial charge in [-0.3, -0.25) is 4.79 Å². The molecule has 0 aliphatic heterocycles. The number of thiophene rings is 1. The Morgan fingerprint density at radius 2 is 2.24 bits per heavy atom. The smallest absolute Gasteiger partial charge is 0.259 e. The minimum absolute atomic E-state index is 0.120. The van der Waals surface area contributed by atoms with E-state index >= 15 is 0 Å². The van der Waals surface area contributed by atoms with Gasteiger partial charge in [-0.15, -0.1) is 11.3 Å². The van der Waals surface area contributed by atoms with Gasteiger partial charge in [0.05, 0.1) is 5.39 Å². The summed E-state index contributed by atoms with van der Waals surface area (Å²) in [4.78, 5) is 12.1. The number of rotatable bonds is 5. The monoisotopic (exact) mass is 250 g/mol. The highest BCUT2D eigenvalue weighted by Gasteiger charge is 2.03. The molecule has 0 saturated heterocycles. The maximum absolute atomic E-state index is 12.1. The van der Waals surface area contributed by atoms with E-state index in [0.29, 0.717) is 5.92 Å². The van der Waals surface area contributed by atoms with Crippen LogP contribution in [0.3, 0.4) is 0 Å². The van der Waals surface area contributed by atoms with Gasteiger partial charge in [0, 0.05) is 24.0 Å². The fourth-order valence-corrected chi connectivity index (χ4v) is 2.55. The zero-order valence-electron chi connectivity index (χ0n) is 10.3. The molecule has 0 bridgehead atoms. The zero-order valence-corrected chi connectivity index (χ0v) is 11.1. The molecular weight excluding hydrogens is 232 g/mol. The fourth-order valence-electron chi connectivity index (χ4n) is 1.77. The van der Waals surface area contributed by atoms with E-state index in [1.54, 1.807) is 15.9 Å². The van der Waals surface area contributed by atoms with Gasteiger partial charge in [0.2, 0.25) is 0 Å². The first kappa shape index (κ1) is 12.3. The van der Waals surface area contributed by atoms with Gasteiger partial charge in [-0.05, 0) is 30.0 Å². The molecule has 2 aromatic heterocycles. The van der Waals surface area contributed by atoms with Gasteiger partial charge in [-0.1, -0.05) is 13.8 Å². The second-order valence-corrected chi connectivity index (χ2v) is 5.56. The second-order valence-electron chi connectivity index (χ2n) is 4.61. The van der Waals surface area contributed by atoms with Crippen LogP contribution in [-0.4, -0.2) is 17.7 Å². The first-order valence-corrected chi connectivity index (χ1v) is 6.84. The molecule has 0 radical (unpaired) electrons. The molecule has 0 fully saturated rings. The van der Waals surface area contributed by atoms with Crippen LogP contribution in [0.15, 0.2) is 28.5 Å². The van der Waals surface area contributed by atoms with Crippen LogP contribution in [0.1, 0.15) is 13.8 Å². The number of hydrogen-bond acceptors (Lipinski definition) is 3. The van der Waals surface area contributed by atoms with Gasteiger partial charge in [-0.2, -0.15) is 0 Å². The molecule has 3 nitrogen and oxygen atoms in total. The number of nitrogens with zero attached hydrogens (tertiary/aromatic N) is 1. The SMILES string of the molecule is CC(C)CNCCn1ccc2sccc2c1=O. The van der Waals surface area contributed by atoms with Crippen molar-refractivity contribution in [1.82, 2.24) is 9.88 Å². The van der Waals surface area contributed by atoms with E-state index in [-0.39, 0.29) is 5.56 Å². The van der Waals surface area contributed by atoms with Gasteiger partial charge in [-0.25, -0.2) is 0 Å². The Morgan fingerprint density at radius 3 is 3.00 bits per heavy atom. The van der Waals surface area contributed by atoms with Gasteiger partial charge in [0.1, 0.15) is 0 Å². The summed E-state index contributed by atoms with van der Waals surface area (Å²) in [6.45, 7) is 6.92. The van der Waals surface area contributed by atoms with Crippen LogP contribution in [0.25, 0.3) is 10.1 Å². The summed E-state index contributed by atoms with van der Waals surface area (Å²) in [6, 6.07) is 3.92. The number of fused-ring (bicyclic) bond motifs is 1. The maximum Gasteiger partial charge on any atom is 0.259 e. The molecule has 0 aliphatic rings. The van der Waals surface area contributed by atoms with E-state index in [0.717, 1.165) is 29.7 Å². The van der Waals surface area contributed by atoms with E-state index in [1.807, 2.05) is 23.7 Å². The first-order chi connectivity index (χ1) is 8.18. The molecule has 0 aliphatic carbocycles. The highest BCUT2D eigenvalue weighted by Crippen LogP contribution is 2.15. The summed E-state index contributed by atoms with van der Waals surface area (Å²) in [5.41, 5.74) is 0.120. The molecular formula is C13H18N2OS. The molecule has 0 amide bonds. The third-order valence-corrected chi connectivity index (χ3v) is 3.56. The Bertz CT molecular complexity index is 542. The van der Waals surface area contributed by atoms with E-state index in [2.05, 4.69) is 19.2 Å². The zero-order chi connectivity index (χ0) is 12.3. The predicted octanol–water partition coefficient (Wildman–Crippen LogP) is 2.31. The van der Waals surface area contributed by atoms with Crippen molar-refractivity contribution >= 4 is 21.4 Å². The summed E-state index contributed by atoms with van der Waals surface area (Å²) in [5.74, 6) is 0.645. The molecule has 0 atom stereocenters. The van der Waals surface area contributed by atoms with Gasteiger partial charge >= 0.3 is 0 Å². The average molecular weight is 250 g/mol. The van der Waals surface area contributed by atoms with Gasteiger partial charge < -0.3 is 9.88 Å². The Kier molecular flexibility index (Phi) is 3.97. The normalized spacial score (nSPS) is 11.5. The van der Waals surface area contributed by atoms with Crippen molar-refractivity contribution < 1.29 is 0 Å². The minimum atomic E-state index is 0.120. The third kappa shape index (κ3) is 2.96. The van der Waals surface area contributed by atoms with E-state index in [4.69, 9.17) is 0 Å². The second kappa shape index (κ2) is 5.47. The highest BCUT2D eigenvalue weighted by atomic mass is 32.1. The molecule has 0 spiro atoms. The average Bonchev–Trinajstić information content (AvgIpc) is 2.75. The summed E-state index contributed by atoms with van der Waals surface area (Å²) in [6.07, 6.45) is 1.89. The van der Waals surface area contributed by atoms with Crippen LogP contribution >= 0.6 is 11.3 Å². The molecule has 1 N–H and O–H groups in total. The molecule has 4 heteroatoms. The van der Waals surface area contributed by atoms with Gasteiger partial charge in [0.15, 0.2) is 0 Å². The summed E-state index contributed by atoms with van der Waals surface area (Å²) >= 11 is 1.61. The van der Waals surface area contributed by atoms with Crippen molar-refractivity contribution in [2.24, 2.45) is 5.92 Å². The third-order valence-electron chi connectivity index (χ3n) is 2.67. The quantitative estimate of drug-likeness (QED) is 0.826. The molecule has 0 aromatic carbocycles. The lowest BCUT2D eigenvalue weighted by Gasteiger charge is -2.09. The molecule has 17 heavy (non-hydrogen) atoms. The Labute approximate surface area is 105 Å². The van der Waals surface area contributed by atoms with Crippen molar-refractivity contribution in [3.8, 4) is 0 Å². The maximum atomic E-state index is 12.1. The van der Waals surface area contributed by atoms with Crippen molar-refractivity contribution in [3.05, 3.63) is 34.1 Å². The molecule has 2 rings (SSSR count). The minimum Gasteiger partial charge on any atom is -0.315 e. The van der Waals surface area contributed by atoms with Crippen molar-refractivity contribution in [2.75, 3.05) is 13.1 Å². The largest absolute Gasteiger partial charge is 0.315 e. The lowest BCUT2D eigenvalue weighted by atomic mass is 10.2. The van der Waals surface area contributed by atoms with Gasteiger partial charge in [0.25, 0.3) is 5.56 Å². The van der Waals surface area contributed by atoms with Crippen LogP contribution in [0.5, 0.6) is 0 Å². The van der Waals surface area contributed by atoms with Crippen molar-refractivity contribution in [1.29, 1.82) is 0 Å². The van der Waals surface area contributed by atoms with Crippen LogP contribution < -0.4 is 10.9 Å². The summed E-state index contributed by atoms with van der Waals surface area (Å²) in [7, 11) is 0. The van der Waals surface area contributed by atoms with Crippen molar-refractivity contribution in [2.45, 2.75) is 20.4 Å². The van der Waals surface area contributed by atoms with Crippen LogP contribution in [-0.2, 0) is 6.54 Å². The number of nitrogens with one attached hydrogen (secondary N) is 1. The van der Waals surface area contributed by atoms with E-state index < -0.39 is 0 Å². The number of pyridine rings is 1. The highest BCUT2D eigenvalue weighted by molar-refractivity contribution is 7.17.